The van der Waals surface area contributed by atoms with Gasteiger partial charge >= 0.3 is 0 Å². The molecular formula is C30H39N9. The van der Waals surface area contributed by atoms with Crippen LogP contribution in [0.2, 0.25) is 0 Å². The number of aryl methyl sites for hydroxylation is 4. The maximum absolute atomic E-state index is 4.78. The summed E-state index contributed by atoms with van der Waals surface area (Å²) in [6, 6.07) is 6.72. The fourth-order valence-corrected chi connectivity index (χ4v) is 6.09. The van der Waals surface area contributed by atoms with Crippen LogP contribution < -0.4 is 4.90 Å². The molecular weight excluding hydrogens is 486 g/mol. The summed E-state index contributed by atoms with van der Waals surface area (Å²) in [5.41, 5.74) is 8.29. The van der Waals surface area contributed by atoms with Crippen molar-refractivity contribution in [3.05, 3.63) is 64.5 Å². The van der Waals surface area contributed by atoms with Crippen molar-refractivity contribution in [2.45, 2.75) is 47.1 Å². The topological polar surface area (TPSA) is 78.6 Å². The molecule has 2 saturated heterocycles. The van der Waals surface area contributed by atoms with Crippen molar-refractivity contribution in [1.29, 1.82) is 0 Å². The molecule has 0 N–H and O–H groups in total. The van der Waals surface area contributed by atoms with Gasteiger partial charge in [0.1, 0.15) is 5.82 Å². The molecule has 0 radical (unpaired) electrons. The molecule has 0 aliphatic carbocycles. The largest absolute Gasteiger partial charge is 0.369 e. The van der Waals surface area contributed by atoms with Crippen LogP contribution in [0.5, 0.6) is 0 Å². The van der Waals surface area contributed by atoms with Crippen molar-refractivity contribution < 1.29 is 0 Å². The van der Waals surface area contributed by atoms with Crippen LogP contribution in [0.25, 0.3) is 17.2 Å². The number of aromatic nitrogens is 6. The lowest BCUT2D eigenvalue weighted by Gasteiger charge is -2.32. The van der Waals surface area contributed by atoms with Crippen LogP contribution >= 0.6 is 0 Å². The van der Waals surface area contributed by atoms with E-state index in [1.165, 1.54) is 16.7 Å². The van der Waals surface area contributed by atoms with Gasteiger partial charge in [0.05, 0.1) is 18.1 Å². The lowest BCUT2D eigenvalue weighted by atomic mass is 9.96. The van der Waals surface area contributed by atoms with Crippen molar-refractivity contribution in [3.8, 4) is 11.4 Å². The second kappa shape index (κ2) is 10.6. The summed E-state index contributed by atoms with van der Waals surface area (Å²) >= 11 is 0. The molecule has 3 aromatic heterocycles. The summed E-state index contributed by atoms with van der Waals surface area (Å²) in [6.45, 7) is 15.9. The molecule has 39 heavy (non-hydrogen) atoms. The Labute approximate surface area is 230 Å². The van der Waals surface area contributed by atoms with Gasteiger partial charge in [-0.15, -0.1) is 0 Å². The minimum absolute atomic E-state index is 0.557. The van der Waals surface area contributed by atoms with E-state index in [4.69, 9.17) is 15.0 Å². The molecule has 2 aliphatic rings. The van der Waals surface area contributed by atoms with Crippen LogP contribution in [0, 0.1) is 33.6 Å². The zero-order valence-corrected chi connectivity index (χ0v) is 23.9. The van der Waals surface area contributed by atoms with E-state index < -0.39 is 0 Å². The summed E-state index contributed by atoms with van der Waals surface area (Å²) in [4.78, 5) is 26.1. The number of anilines is 1. The molecule has 0 spiro atoms. The Hall–Kier alpha value is -3.43. The highest BCUT2D eigenvalue weighted by molar-refractivity contribution is 5.61. The Morgan fingerprint density at radius 1 is 0.923 bits per heavy atom. The third-order valence-corrected chi connectivity index (χ3v) is 8.47. The Morgan fingerprint density at radius 2 is 1.69 bits per heavy atom. The van der Waals surface area contributed by atoms with Crippen LogP contribution in [0.3, 0.4) is 0 Å². The van der Waals surface area contributed by atoms with Gasteiger partial charge in [-0.1, -0.05) is 18.2 Å². The van der Waals surface area contributed by atoms with Gasteiger partial charge in [-0.2, -0.15) is 10.1 Å². The maximum Gasteiger partial charge on any atom is 0.252 e. The highest BCUT2D eigenvalue weighted by Crippen LogP contribution is 2.29. The Morgan fingerprint density at radius 3 is 2.44 bits per heavy atom. The molecule has 1 atom stereocenters. The molecule has 2 fully saturated rings. The average molecular weight is 526 g/mol. The number of hydrogen-bond donors (Lipinski definition) is 0. The molecule has 0 amide bonds. The van der Waals surface area contributed by atoms with Gasteiger partial charge in [-0.25, -0.2) is 19.5 Å². The molecule has 204 valence electrons. The van der Waals surface area contributed by atoms with Crippen LogP contribution in [0.15, 0.2) is 30.6 Å². The van der Waals surface area contributed by atoms with Crippen molar-refractivity contribution in [2.24, 2.45) is 5.92 Å². The van der Waals surface area contributed by atoms with Gasteiger partial charge in [0.25, 0.3) is 5.78 Å². The quantitative estimate of drug-likeness (QED) is 0.378. The van der Waals surface area contributed by atoms with E-state index in [2.05, 4.69) is 70.8 Å². The van der Waals surface area contributed by atoms with Crippen LogP contribution in [-0.2, 0) is 13.0 Å². The Bertz CT molecular complexity index is 1470. The van der Waals surface area contributed by atoms with Crippen molar-refractivity contribution in [1.82, 2.24) is 39.3 Å². The Kier molecular flexibility index (Phi) is 7.03. The first kappa shape index (κ1) is 25.8. The third-order valence-electron chi connectivity index (χ3n) is 8.47. The highest BCUT2D eigenvalue weighted by Gasteiger charge is 2.26. The smallest absolute Gasteiger partial charge is 0.252 e. The third kappa shape index (κ3) is 5.38. The fraction of sp³-hybridized carbons (Fsp3) is 0.500. The number of fused-ring (bicyclic) bond motifs is 1. The molecule has 1 aromatic carbocycles. The second-order valence-electron chi connectivity index (χ2n) is 11.4. The molecule has 0 saturated carbocycles. The van der Waals surface area contributed by atoms with Crippen molar-refractivity contribution >= 4 is 11.5 Å². The van der Waals surface area contributed by atoms with Crippen LogP contribution in [0.4, 0.5) is 5.69 Å². The lowest BCUT2D eigenvalue weighted by Crippen LogP contribution is -2.43. The first-order valence-electron chi connectivity index (χ1n) is 14.1. The van der Waals surface area contributed by atoms with Gasteiger partial charge < -0.3 is 9.80 Å². The van der Waals surface area contributed by atoms with E-state index in [9.17, 15) is 0 Å². The van der Waals surface area contributed by atoms with Crippen LogP contribution in [0.1, 0.15) is 40.3 Å². The van der Waals surface area contributed by atoms with Gasteiger partial charge in [0, 0.05) is 62.8 Å². The zero-order chi connectivity index (χ0) is 27.1. The molecule has 6 rings (SSSR count). The van der Waals surface area contributed by atoms with Gasteiger partial charge in [0.15, 0.2) is 5.82 Å². The van der Waals surface area contributed by atoms with Gasteiger partial charge in [-0.3, -0.25) is 4.90 Å². The van der Waals surface area contributed by atoms with E-state index in [0.29, 0.717) is 11.7 Å². The summed E-state index contributed by atoms with van der Waals surface area (Å²) < 4.78 is 1.89. The number of rotatable bonds is 6. The highest BCUT2D eigenvalue weighted by atomic mass is 15.3. The monoisotopic (exact) mass is 525 g/mol. The molecule has 4 aromatic rings. The molecule has 2 aliphatic heterocycles. The fourth-order valence-electron chi connectivity index (χ4n) is 6.09. The van der Waals surface area contributed by atoms with E-state index in [1.807, 2.05) is 23.8 Å². The minimum Gasteiger partial charge on any atom is -0.369 e. The zero-order valence-electron chi connectivity index (χ0n) is 23.9. The summed E-state index contributed by atoms with van der Waals surface area (Å²) in [7, 11) is 2.20. The number of piperazine rings is 1. The van der Waals surface area contributed by atoms with E-state index in [-0.39, 0.29) is 0 Å². The number of benzene rings is 1. The van der Waals surface area contributed by atoms with Crippen LogP contribution in [-0.4, -0.2) is 85.7 Å². The predicted octanol–water partition coefficient (Wildman–Crippen LogP) is 3.63. The summed E-state index contributed by atoms with van der Waals surface area (Å²) in [5, 5.41) is 4.54. The molecule has 9 heteroatoms. The lowest BCUT2D eigenvalue weighted by molar-refractivity contribution is 0.148. The molecule has 1 unspecified atom stereocenters. The predicted molar refractivity (Wildman–Crippen MR) is 154 cm³/mol. The van der Waals surface area contributed by atoms with E-state index >= 15 is 0 Å². The van der Waals surface area contributed by atoms with Crippen molar-refractivity contribution in [2.75, 3.05) is 51.2 Å². The molecule has 0 bridgehead atoms. The number of nitrogens with zero attached hydrogens (tertiary/aromatic N) is 9. The Balaban J connectivity index is 1.10. The average Bonchev–Trinajstić information content (AvgIpc) is 3.54. The standard InChI is InChI=1S/C30H39N9/c1-20-14-24(18-37-12-10-36(5)11-13-37)6-7-27(20)29-31-16-26(17-32-29)38-9-8-25(19-38)15-28-21(2)33-30-34-23(4)35-39(30)22(28)3/h6-7,14,16-17,25H,8-13,15,18-19H2,1-5H3. The summed E-state index contributed by atoms with van der Waals surface area (Å²) in [6.07, 6.45) is 6.12. The van der Waals surface area contributed by atoms with Gasteiger partial charge in [0.2, 0.25) is 0 Å². The van der Waals surface area contributed by atoms with E-state index in [0.717, 1.165) is 92.9 Å². The normalized spacial score (nSPS) is 18.9. The maximum atomic E-state index is 4.78. The second-order valence-corrected chi connectivity index (χ2v) is 11.4. The molecule has 5 heterocycles. The SMILES string of the molecule is Cc1nc2nc(C)c(CC3CCN(c4cnc(-c5ccc(CN6CCN(C)CC6)cc5C)nc4)C3)c(C)n2n1. The summed E-state index contributed by atoms with van der Waals surface area (Å²) in [5.74, 6) is 2.80. The van der Waals surface area contributed by atoms with E-state index in [1.54, 1.807) is 0 Å². The number of hydrogen-bond acceptors (Lipinski definition) is 8. The first-order chi connectivity index (χ1) is 18.8. The minimum atomic E-state index is 0.557. The van der Waals surface area contributed by atoms with Gasteiger partial charge in [-0.05, 0) is 70.2 Å². The number of likely N-dealkylation sites (N-methyl/N-ethyl adjacent to an activating group) is 1. The molecule has 9 nitrogen and oxygen atoms in total. The van der Waals surface area contributed by atoms with Crippen molar-refractivity contribution in [3.63, 3.8) is 0 Å². The first-order valence-corrected chi connectivity index (χ1v) is 14.1.